The lowest BCUT2D eigenvalue weighted by molar-refractivity contribution is -0.167. The summed E-state index contributed by atoms with van der Waals surface area (Å²) in [6.45, 7) is 6.42. The summed E-state index contributed by atoms with van der Waals surface area (Å²) in [5, 5.41) is 0. The zero-order valence-corrected chi connectivity index (χ0v) is 42.2. The predicted molar refractivity (Wildman–Crippen MR) is 279 cm³/mol. The molecule has 65 heavy (non-hydrogen) atoms. The minimum Gasteiger partial charge on any atom is -0.462 e. The standard InChI is InChI=1S/C59H98O6/c1-4-7-10-13-16-19-22-25-28-29-30-31-32-35-37-40-43-46-49-52-58(61)64-55-56(65-59(62)53-50-47-44-41-38-34-27-24-21-18-15-12-9-6-3)54-63-57(60)51-48-45-42-39-36-33-26-23-20-17-14-11-8-5-2/h7,10,15-16,18-19,23-28,30-31,35,37,56H,4-6,8-9,11-14,17,20-22,29,32-34,36,38-55H2,1-3H3/b10-7+,18-15+,19-16+,26-23+,27-24+,28-25+,31-30+,37-35+/t56-/m1/s1. The monoisotopic (exact) mass is 903 g/mol. The Labute approximate surface area is 400 Å². The lowest BCUT2D eigenvalue weighted by Crippen LogP contribution is -2.30. The Kier molecular flexibility index (Phi) is 50.0. The highest BCUT2D eigenvalue weighted by Gasteiger charge is 2.19. The fourth-order valence-electron chi connectivity index (χ4n) is 7.01. The molecule has 0 heterocycles. The first-order valence-electron chi connectivity index (χ1n) is 26.7. The third-order valence-electron chi connectivity index (χ3n) is 11.0. The maximum atomic E-state index is 12.8. The van der Waals surface area contributed by atoms with Crippen molar-refractivity contribution in [3.8, 4) is 0 Å². The number of allylic oxidation sites excluding steroid dienone is 16. The van der Waals surface area contributed by atoms with E-state index in [1.54, 1.807) is 0 Å². The molecule has 6 heteroatoms. The van der Waals surface area contributed by atoms with Gasteiger partial charge in [-0.05, 0) is 116 Å². The Balaban J connectivity index is 4.48. The van der Waals surface area contributed by atoms with E-state index in [-0.39, 0.29) is 31.1 Å². The molecule has 0 aliphatic heterocycles. The smallest absolute Gasteiger partial charge is 0.306 e. The van der Waals surface area contributed by atoms with Crippen LogP contribution in [0.1, 0.15) is 239 Å². The van der Waals surface area contributed by atoms with Gasteiger partial charge in [0.25, 0.3) is 0 Å². The van der Waals surface area contributed by atoms with Gasteiger partial charge < -0.3 is 14.2 Å². The zero-order chi connectivity index (χ0) is 47.2. The van der Waals surface area contributed by atoms with Gasteiger partial charge in [-0.3, -0.25) is 14.4 Å². The molecule has 0 saturated carbocycles. The molecule has 1 atom stereocenters. The molecule has 0 aliphatic rings. The molecule has 0 amide bonds. The van der Waals surface area contributed by atoms with Gasteiger partial charge in [-0.2, -0.15) is 0 Å². The number of esters is 3. The quantitative estimate of drug-likeness (QED) is 0.0262. The second-order valence-electron chi connectivity index (χ2n) is 17.4. The zero-order valence-electron chi connectivity index (χ0n) is 42.2. The minimum absolute atomic E-state index is 0.0991. The maximum Gasteiger partial charge on any atom is 0.306 e. The summed E-state index contributed by atoms with van der Waals surface area (Å²) < 4.78 is 16.8. The van der Waals surface area contributed by atoms with E-state index >= 15 is 0 Å². The van der Waals surface area contributed by atoms with Gasteiger partial charge in [0.15, 0.2) is 6.10 Å². The van der Waals surface area contributed by atoms with Crippen molar-refractivity contribution in [2.45, 2.75) is 245 Å². The van der Waals surface area contributed by atoms with Crippen LogP contribution in [0.2, 0.25) is 0 Å². The fraction of sp³-hybridized carbons (Fsp3) is 0.678. The van der Waals surface area contributed by atoms with E-state index in [9.17, 15) is 14.4 Å². The summed E-state index contributed by atoms with van der Waals surface area (Å²) in [5.41, 5.74) is 0. The van der Waals surface area contributed by atoms with Crippen LogP contribution < -0.4 is 0 Å². The van der Waals surface area contributed by atoms with Gasteiger partial charge in [0.2, 0.25) is 0 Å². The molecule has 0 aliphatic carbocycles. The minimum atomic E-state index is -0.802. The molecule has 0 unspecified atom stereocenters. The Morgan fingerprint density at radius 3 is 1.02 bits per heavy atom. The van der Waals surface area contributed by atoms with Crippen molar-refractivity contribution >= 4 is 17.9 Å². The molecule has 0 aromatic heterocycles. The van der Waals surface area contributed by atoms with Gasteiger partial charge >= 0.3 is 17.9 Å². The van der Waals surface area contributed by atoms with Crippen molar-refractivity contribution in [1.29, 1.82) is 0 Å². The summed E-state index contributed by atoms with van der Waals surface area (Å²) in [4.78, 5) is 38.0. The second-order valence-corrected chi connectivity index (χ2v) is 17.4. The number of hydrogen-bond donors (Lipinski definition) is 0. The average Bonchev–Trinajstić information content (AvgIpc) is 3.30. The van der Waals surface area contributed by atoms with Crippen LogP contribution in [0, 0.1) is 0 Å². The third-order valence-corrected chi connectivity index (χ3v) is 11.0. The summed E-state index contributed by atoms with van der Waals surface area (Å²) in [6.07, 6.45) is 69.6. The van der Waals surface area contributed by atoms with Crippen molar-refractivity contribution < 1.29 is 28.6 Å². The van der Waals surface area contributed by atoms with Crippen LogP contribution in [0.15, 0.2) is 97.2 Å². The molecule has 0 aromatic rings. The predicted octanol–water partition coefficient (Wildman–Crippen LogP) is 17.8. The average molecular weight is 903 g/mol. The van der Waals surface area contributed by atoms with E-state index in [1.165, 1.54) is 64.2 Å². The highest BCUT2D eigenvalue weighted by Crippen LogP contribution is 2.13. The van der Waals surface area contributed by atoms with Crippen molar-refractivity contribution in [3.05, 3.63) is 97.2 Å². The van der Waals surface area contributed by atoms with Crippen LogP contribution in [0.25, 0.3) is 0 Å². The molecule has 0 saturated heterocycles. The summed E-state index contributed by atoms with van der Waals surface area (Å²) in [6, 6.07) is 0. The van der Waals surface area contributed by atoms with Gasteiger partial charge in [0, 0.05) is 19.3 Å². The molecule has 0 fully saturated rings. The van der Waals surface area contributed by atoms with Gasteiger partial charge in [-0.15, -0.1) is 0 Å². The highest BCUT2D eigenvalue weighted by atomic mass is 16.6. The van der Waals surface area contributed by atoms with Gasteiger partial charge in [0.1, 0.15) is 13.2 Å². The number of carbonyl (C=O) groups is 3. The summed E-state index contributed by atoms with van der Waals surface area (Å²) >= 11 is 0. The van der Waals surface area contributed by atoms with Crippen LogP contribution >= 0.6 is 0 Å². The number of rotatable bonds is 47. The Morgan fingerprint density at radius 1 is 0.323 bits per heavy atom. The van der Waals surface area contributed by atoms with Crippen molar-refractivity contribution in [1.82, 2.24) is 0 Å². The van der Waals surface area contributed by atoms with Crippen molar-refractivity contribution in [3.63, 3.8) is 0 Å². The SMILES string of the molecule is CC/C=C/C/C=C/C/C=C/C/C=C/C/C=C/CCCCCC(=O)OC[C@@H](COC(=O)CCCCCCC/C=C/CCCCCCC)OC(=O)CCCCCCC/C=C/C/C=C/CCCC. The lowest BCUT2D eigenvalue weighted by atomic mass is 10.1. The number of hydrogen-bond acceptors (Lipinski definition) is 6. The van der Waals surface area contributed by atoms with Crippen LogP contribution in [-0.4, -0.2) is 37.2 Å². The van der Waals surface area contributed by atoms with E-state index in [0.29, 0.717) is 19.3 Å². The maximum absolute atomic E-state index is 12.8. The molecule has 0 aromatic carbocycles. The molecule has 0 radical (unpaired) electrons. The Hall–Kier alpha value is -3.67. The Bertz CT molecular complexity index is 1310. The fourth-order valence-corrected chi connectivity index (χ4v) is 7.01. The molecule has 370 valence electrons. The van der Waals surface area contributed by atoms with Crippen LogP contribution in [0.3, 0.4) is 0 Å². The molecule has 0 bridgehead atoms. The molecule has 0 N–H and O–H groups in total. The molecule has 6 nitrogen and oxygen atoms in total. The normalized spacial score (nSPS) is 12.8. The Morgan fingerprint density at radius 2 is 0.615 bits per heavy atom. The number of carbonyl (C=O) groups excluding carboxylic acids is 3. The first kappa shape index (κ1) is 61.3. The van der Waals surface area contributed by atoms with E-state index in [4.69, 9.17) is 14.2 Å². The van der Waals surface area contributed by atoms with Crippen LogP contribution in [0.4, 0.5) is 0 Å². The van der Waals surface area contributed by atoms with Gasteiger partial charge in [-0.25, -0.2) is 0 Å². The first-order valence-corrected chi connectivity index (χ1v) is 26.7. The van der Waals surface area contributed by atoms with Crippen LogP contribution in [0.5, 0.6) is 0 Å². The topological polar surface area (TPSA) is 78.9 Å². The van der Waals surface area contributed by atoms with E-state index < -0.39 is 6.10 Å². The lowest BCUT2D eigenvalue weighted by Gasteiger charge is -2.18. The van der Waals surface area contributed by atoms with Gasteiger partial charge in [-0.1, -0.05) is 201 Å². The number of unbranched alkanes of at least 4 members (excludes halogenated alkanes) is 20. The van der Waals surface area contributed by atoms with Crippen molar-refractivity contribution in [2.24, 2.45) is 0 Å². The van der Waals surface area contributed by atoms with Crippen LogP contribution in [-0.2, 0) is 28.6 Å². The molecular weight excluding hydrogens is 805 g/mol. The third kappa shape index (κ3) is 51.2. The molecule has 0 rings (SSSR count). The van der Waals surface area contributed by atoms with E-state index in [1.807, 2.05) is 0 Å². The van der Waals surface area contributed by atoms with E-state index in [0.717, 1.165) is 135 Å². The second kappa shape index (κ2) is 52.9. The largest absolute Gasteiger partial charge is 0.462 e. The summed E-state index contributed by atoms with van der Waals surface area (Å²) in [7, 11) is 0. The first-order chi connectivity index (χ1) is 32.0. The van der Waals surface area contributed by atoms with Gasteiger partial charge in [0.05, 0.1) is 0 Å². The highest BCUT2D eigenvalue weighted by molar-refractivity contribution is 5.71. The van der Waals surface area contributed by atoms with Crippen molar-refractivity contribution in [2.75, 3.05) is 13.2 Å². The number of ether oxygens (including phenoxy) is 3. The summed E-state index contributed by atoms with van der Waals surface area (Å²) in [5.74, 6) is -0.956. The molecule has 0 spiro atoms. The molecular formula is C59H98O6. The van der Waals surface area contributed by atoms with E-state index in [2.05, 4.69) is 118 Å².